The first-order valence-electron chi connectivity index (χ1n) is 9.15. The minimum absolute atomic E-state index is 0.0929. The third-order valence-electron chi connectivity index (χ3n) is 4.75. The Morgan fingerprint density at radius 3 is 2.68 bits per heavy atom. The molecule has 1 aromatic rings. The number of hydrogen-bond donors (Lipinski definition) is 4. The van der Waals surface area contributed by atoms with Gasteiger partial charge in [0.25, 0.3) is 5.91 Å². The zero-order chi connectivity index (χ0) is 18.1. The monoisotopic (exact) mass is 346 g/mol. The van der Waals surface area contributed by atoms with E-state index in [1.54, 1.807) is 6.07 Å². The predicted octanol–water partition coefficient (Wildman–Crippen LogP) is 3.16. The highest BCUT2D eigenvalue weighted by Gasteiger charge is 2.18. The van der Waals surface area contributed by atoms with Gasteiger partial charge in [0.15, 0.2) is 0 Å². The van der Waals surface area contributed by atoms with Gasteiger partial charge in [0.1, 0.15) is 0 Å². The summed E-state index contributed by atoms with van der Waals surface area (Å²) in [6, 6.07) is 3.63. The molecule has 0 heterocycles. The molecule has 1 aliphatic rings. The van der Waals surface area contributed by atoms with Gasteiger partial charge in [-0.2, -0.15) is 0 Å². The van der Waals surface area contributed by atoms with Gasteiger partial charge in [0, 0.05) is 32.4 Å². The zero-order valence-electron chi connectivity index (χ0n) is 15.1. The van der Waals surface area contributed by atoms with Gasteiger partial charge in [-0.1, -0.05) is 19.3 Å². The molecule has 0 aliphatic heterocycles. The van der Waals surface area contributed by atoms with Crippen LogP contribution in [0.5, 0.6) is 0 Å². The number of benzene rings is 1. The molecule has 6 heteroatoms. The molecule has 0 unspecified atom stereocenters. The van der Waals surface area contributed by atoms with Crippen LogP contribution in [0.15, 0.2) is 17.1 Å². The first-order chi connectivity index (χ1) is 12.2. The van der Waals surface area contributed by atoms with Gasteiger partial charge in [-0.25, -0.2) is 0 Å². The number of nitrogens with one attached hydrogen (secondary N) is 3. The maximum atomic E-state index is 12.7. The SMILES string of the molecule is C=Nc1cc(C(=O)NCC2CCCCC2)c(NCCCO)cc1NC. The molecule has 4 N–H and O–H groups in total. The average Bonchev–Trinajstić information content (AvgIpc) is 2.66. The van der Waals surface area contributed by atoms with E-state index >= 15 is 0 Å². The molecule has 0 atom stereocenters. The van der Waals surface area contributed by atoms with E-state index in [1.165, 1.54) is 32.1 Å². The molecule has 1 fully saturated rings. The van der Waals surface area contributed by atoms with Gasteiger partial charge in [-0.05, 0) is 44.0 Å². The summed E-state index contributed by atoms with van der Waals surface area (Å²) in [5.41, 5.74) is 2.77. The van der Waals surface area contributed by atoms with Crippen molar-refractivity contribution in [3.8, 4) is 0 Å². The lowest BCUT2D eigenvalue weighted by Gasteiger charge is -2.22. The van der Waals surface area contributed by atoms with E-state index in [9.17, 15) is 4.79 Å². The maximum absolute atomic E-state index is 12.7. The molecular formula is C19H30N4O2. The van der Waals surface area contributed by atoms with Crippen molar-refractivity contribution in [1.29, 1.82) is 0 Å². The van der Waals surface area contributed by atoms with Crippen LogP contribution in [0.3, 0.4) is 0 Å². The van der Waals surface area contributed by atoms with E-state index in [1.807, 2.05) is 13.1 Å². The van der Waals surface area contributed by atoms with Gasteiger partial charge in [-0.15, -0.1) is 0 Å². The number of nitrogens with zero attached hydrogens (tertiary/aromatic N) is 1. The Labute approximate surface area is 150 Å². The molecule has 0 spiro atoms. The number of carbonyl (C=O) groups is 1. The van der Waals surface area contributed by atoms with Gasteiger partial charge in [0.2, 0.25) is 0 Å². The van der Waals surface area contributed by atoms with Crippen molar-refractivity contribution in [3.05, 3.63) is 17.7 Å². The summed E-state index contributed by atoms with van der Waals surface area (Å²) in [5, 5.41) is 18.4. The summed E-state index contributed by atoms with van der Waals surface area (Å²) in [4.78, 5) is 16.7. The normalized spacial score (nSPS) is 14.8. The Hall–Kier alpha value is -2.08. The Morgan fingerprint density at radius 2 is 2.04 bits per heavy atom. The summed E-state index contributed by atoms with van der Waals surface area (Å²) in [5.74, 6) is 0.488. The summed E-state index contributed by atoms with van der Waals surface area (Å²) in [7, 11) is 1.81. The van der Waals surface area contributed by atoms with Crippen LogP contribution in [0, 0.1) is 5.92 Å². The smallest absolute Gasteiger partial charge is 0.253 e. The molecule has 6 nitrogen and oxygen atoms in total. The molecule has 0 bridgehead atoms. The highest BCUT2D eigenvalue weighted by atomic mass is 16.3. The van der Waals surface area contributed by atoms with E-state index in [0.29, 0.717) is 30.1 Å². The second-order valence-corrected chi connectivity index (χ2v) is 6.54. The lowest BCUT2D eigenvalue weighted by atomic mass is 9.89. The molecule has 1 aromatic carbocycles. The van der Waals surface area contributed by atoms with Crippen LogP contribution in [0.2, 0.25) is 0 Å². The molecule has 138 valence electrons. The maximum Gasteiger partial charge on any atom is 0.253 e. The molecule has 25 heavy (non-hydrogen) atoms. The molecular weight excluding hydrogens is 316 g/mol. The van der Waals surface area contributed by atoms with Crippen molar-refractivity contribution >= 4 is 29.7 Å². The second kappa shape index (κ2) is 10.0. The number of amides is 1. The van der Waals surface area contributed by atoms with Gasteiger partial charge < -0.3 is 21.1 Å². The van der Waals surface area contributed by atoms with E-state index in [0.717, 1.165) is 17.9 Å². The number of aliphatic hydroxyl groups is 1. The van der Waals surface area contributed by atoms with E-state index in [4.69, 9.17) is 5.11 Å². The van der Waals surface area contributed by atoms with Crippen LogP contribution in [0.4, 0.5) is 17.1 Å². The quantitative estimate of drug-likeness (QED) is 0.409. The fourth-order valence-corrected chi connectivity index (χ4v) is 3.28. The fourth-order valence-electron chi connectivity index (χ4n) is 3.28. The Balaban J connectivity index is 2.13. The molecule has 0 saturated heterocycles. The van der Waals surface area contributed by atoms with Gasteiger partial charge in [-0.3, -0.25) is 9.79 Å². The van der Waals surface area contributed by atoms with Crippen LogP contribution in [-0.2, 0) is 0 Å². The summed E-state index contributed by atoms with van der Waals surface area (Å²) >= 11 is 0. The summed E-state index contributed by atoms with van der Waals surface area (Å²) in [6.07, 6.45) is 6.84. The topological polar surface area (TPSA) is 85.8 Å². The second-order valence-electron chi connectivity index (χ2n) is 6.54. The highest BCUT2D eigenvalue weighted by Crippen LogP contribution is 2.31. The predicted molar refractivity (Wildman–Crippen MR) is 104 cm³/mol. The first-order valence-corrected chi connectivity index (χ1v) is 9.15. The van der Waals surface area contributed by atoms with E-state index < -0.39 is 0 Å². The van der Waals surface area contributed by atoms with Crippen molar-refractivity contribution in [2.24, 2.45) is 10.9 Å². The number of anilines is 2. The lowest BCUT2D eigenvalue weighted by molar-refractivity contribution is 0.0944. The van der Waals surface area contributed by atoms with Crippen LogP contribution >= 0.6 is 0 Å². The molecule has 0 aromatic heterocycles. The first kappa shape index (κ1) is 19.2. The van der Waals surface area contributed by atoms with Gasteiger partial charge in [0.05, 0.1) is 16.9 Å². The minimum Gasteiger partial charge on any atom is -0.396 e. The van der Waals surface area contributed by atoms with Gasteiger partial charge >= 0.3 is 0 Å². The number of rotatable bonds is 9. The van der Waals surface area contributed by atoms with Crippen molar-refractivity contribution in [2.75, 3.05) is 37.4 Å². The molecule has 0 radical (unpaired) electrons. The standard InChI is InChI=1S/C19H30N4O2/c1-20-17-11-15(16(12-18(17)21-2)22-9-6-10-24)19(25)23-13-14-7-4-3-5-8-14/h11-12,14,21-22,24H,1,3-10,13H2,2H3,(H,23,25). The molecule has 1 aliphatic carbocycles. The van der Waals surface area contributed by atoms with Crippen molar-refractivity contribution < 1.29 is 9.90 Å². The lowest BCUT2D eigenvalue weighted by Crippen LogP contribution is -2.30. The van der Waals surface area contributed by atoms with Crippen LogP contribution in [-0.4, -0.2) is 44.5 Å². The number of hydrogen-bond acceptors (Lipinski definition) is 5. The highest BCUT2D eigenvalue weighted by molar-refractivity contribution is 6.02. The largest absolute Gasteiger partial charge is 0.396 e. The molecule has 1 amide bonds. The van der Waals surface area contributed by atoms with Crippen molar-refractivity contribution in [2.45, 2.75) is 38.5 Å². The number of carbonyl (C=O) groups excluding carboxylic acids is 1. The van der Waals surface area contributed by atoms with Crippen molar-refractivity contribution in [1.82, 2.24) is 5.32 Å². The molecule has 2 rings (SSSR count). The summed E-state index contributed by atoms with van der Waals surface area (Å²) in [6.45, 7) is 5.02. The Morgan fingerprint density at radius 1 is 1.28 bits per heavy atom. The Kier molecular flexibility index (Phi) is 7.73. The third-order valence-corrected chi connectivity index (χ3v) is 4.75. The van der Waals surface area contributed by atoms with E-state index in [2.05, 4.69) is 27.7 Å². The average molecular weight is 346 g/mol. The molecule has 1 saturated carbocycles. The van der Waals surface area contributed by atoms with Crippen LogP contribution in [0.25, 0.3) is 0 Å². The zero-order valence-corrected chi connectivity index (χ0v) is 15.1. The number of aliphatic imine (C=N–C) groups is 1. The minimum atomic E-state index is -0.0929. The van der Waals surface area contributed by atoms with Crippen LogP contribution in [0.1, 0.15) is 48.9 Å². The van der Waals surface area contributed by atoms with E-state index in [-0.39, 0.29) is 12.5 Å². The fraction of sp³-hybridized carbons (Fsp3) is 0.579. The Bertz CT molecular complexity index is 583. The summed E-state index contributed by atoms with van der Waals surface area (Å²) < 4.78 is 0. The van der Waals surface area contributed by atoms with Crippen molar-refractivity contribution in [3.63, 3.8) is 0 Å². The third kappa shape index (κ3) is 5.46. The number of aliphatic hydroxyl groups excluding tert-OH is 1. The van der Waals surface area contributed by atoms with Crippen LogP contribution < -0.4 is 16.0 Å².